The van der Waals surface area contributed by atoms with Crippen LogP contribution in [0.3, 0.4) is 0 Å². The number of hydrogen-bond acceptors (Lipinski definition) is 3. The third-order valence-electron chi connectivity index (χ3n) is 2.31. The molecule has 1 amide bonds. The van der Waals surface area contributed by atoms with Gasteiger partial charge in [-0.3, -0.25) is 4.79 Å². The standard InChI is InChI=1S/C12H17ClN2O2/c1-17-8-2-3-11(14)12(16)15-10-6-4-9(13)5-7-10/h4-7,11H,2-3,8,14H2,1H3,(H,15,16). The Kier molecular flexibility index (Phi) is 5.97. The molecule has 5 heteroatoms. The maximum Gasteiger partial charge on any atom is 0.241 e. The van der Waals surface area contributed by atoms with Gasteiger partial charge in [-0.05, 0) is 37.1 Å². The Labute approximate surface area is 106 Å². The van der Waals surface area contributed by atoms with Gasteiger partial charge in [-0.2, -0.15) is 0 Å². The first-order chi connectivity index (χ1) is 8.13. The smallest absolute Gasteiger partial charge is 0.241 e. The normalized spacial score (nSPS) is 12.2. The van der Waals surface area contributed by atoms with Gasteiger partial charge < -0.3 is 15.8 Å². The lowest BCUT2D eigenvalue weighted by Gasteiger charge is -2.11. The van der Waals surface area contributed by atoms with Crippen LogP contribution in [0.1, 0.15) is 12.8 Å². The molecule has 1 aromatic carbocycles. The Morgan fingerprint density at radius 3 is 2.71 bits per heavy atom. The molecule has 17 heavy (non-hydrogen) atoms. The lowest BCUT2D eigenvalue weighted by molar-refractivity contribution is -0.117. The second-order valence-electron chi connectivity index (χ2n) is 3.74. The predicted octanol–water partition coefficient (Wildman–Crippen LogP) is 2.03. The highest BCUT2D eigenvalue weighted by molar-refractivity contribution is 6.30. The van der Waals surface area contributed by atoms with E-state index in [0.717, 1.165) is 6.42 Å². The van der Waals surface area contributed by atoms with Gasteiger partial charge in [0.05, 0.1) is 6.04 Å². The van der Waals surface area contributed by atoms with Gasteiger partial charge in [-0.1, -0.05) is 11.6 Å². The monoisotopic (exact) mass is 256 g/mol. The first-order valence-corrected chi connectivity index (χ1v) is 5.82. The van der Waals surface area contributed by atoms with Gasteiger partial charge in [-0.25, -0.2) is 0 Å². The summed E-state index contributed by atoms with van der Waals surface area (Å²) in [5.74, 6) is -0.191. The minimum atomic E-state index is -0.513. The number of carbonyl (C=O) groups is 1. The van der Waals surface area contributed by atoms with Crippen LogP contribution in [0.25, 0.3) is 0 Å². The third kappa shape index (κ3) is 5.17. The van der Waals surface area contributed by atoms with Crippen LogP contribution in [0.5, 0.6) is 0 Å². The minimum absolute atomic E-state index is 0.191. The van der Waals surface area contributed by atoms with E-state index in [1.165, 1.54) is 0 Å². The molecule has 0 aromatic heterocycles. The van der Waals surface area contributed by atoms with Gasteiger partial charge in [0, 0.05) is 24.4 Å². The highest BCUT2D eigenvalue weighted by Gasteiger charge is 2.12. The zero-order valence-electron chi connectivity index (χ0n) is 9.78. The van der Waals surface area contributed by atoms with Crippen molar-refractivity contribution in [1.82, 2.24) is 0 Å². The number of nitrogens with one attached hydrogen (secondary N) is 1. The van der Waals surface area contributed by atoms with Crippen molar-refractivity contribution in [2.75, 3.05) is 19.0 Å². The van der Waals surface area contributed by atoms with Crippen molar-refractivity contribution in [2.45, 2.75) is 18.9 Å². The molecule has 0 saturated heterocycles. The molecule has 4 nitrogen and oxygen atoms in total. The molecule has 0 fully saturated rings. The van der Waals surface area contributed by atoms with Crippen LogP contribution in [0, 0.1) is 0 Å². The molecule has 0 bridgehead atoms. The van der Waals surface area contributed by atoms with E-state index in [-0.39, 0.29) is 5.91 Å². The van der Waals surface area contributed by atoms with Crippen molar-refractivity contribution in [3.8, 4) is 0 Å². The van der Waals surface area contributed by atoms with E-state index < -0.39 is 6.04 Å². The lowest BCUT2D eigenvalue weighted by atomic mass is 10.1. The average Bonchev–Trinajstić information content (AvgIpc) is 2.32. The topological polar surface area (TPSA) is 64.3 Å². The highest BCUT2D eigenvalue weighted by atomic mass is 35.5. The van der Waals surface area contributed by atoms with E-state index in [4.69, 9.17) is 22.1 Å². The number of anilines is 1. The molecule has 0 radical (unpaired) electrons. The number of benzene rings is 1. The molecule has 3 N–H and O–H groups in total. The van der Waals surface area contributed by atoms with Crippen molar-refractivity contribution in [1.29, 1.82) is 0 Å². The molecule has 94 valence electrons. The van der Waals surface area contributed by atoms with Crippen LogP contribution < -0.4 is 11.1 Å². The van der Waals surface area contributed by atoms with E-state index >= 15 is 0 Å². The number of nitrogens with two attached hydrogens (primary N) is 1. The van der Waals surface area contributed by atoms with Crippen LogP contribution in [-0.2, 0) is 9.53 Å². The van der Waals surface area contributed by atoms with Gasteiger partial charge in [0.1, 0.15) is 0 Å². The fourth-order valence-corrected chi connectivity index (χ4v) is 1.47. The fraction of sp³-hybridized carbons (Fsp3) is 0.417. The molecule has 0 aliphatic rings. The molecule has 1 atom stereocenters. The molecule has 1 aromatic rings. The molecule has 0 aliphatic carbocycles. The van der Waals surface area contributed by atoms with Crippen LogP contribution in [-0.4, -0.2) is 25.7 Å². The molecule has 1 rings (SSSR count). The summed E-state index contributed by atoms with van der Waals surface area (Å²) in [7, 11) is 1.62. The summed E-state index contributed by atoms with van der Waals surface area (Å²) in [6, 6.07) is 6.40. The number of carbonyl (C=O) groups excluding carboxylic acids is 1. The molecule has 0 heterocycles. The molecule has 0 saturated carbocycles. The summed E-state index contributed by atoms with van der Waals surface area (Å²) in [6.45, 7) is 0.613. The first-order valence-electron chi connectivity index (χ1n) is 5.44. The van der Waals surface area contributed by atoms with Gasteiger partial charge in [-0.15, -0.1) is 0 Å². The second kappa shape index (κ2) is 7.27. The van der Waals surface area contributed by atoms with E-state index in [1.807, 2.05) is 0 Å². The largest absolute Gasteiger partial charge is 0.385 e. The predicted molar refractivity (Wildman–Crippen MR) is 69.2 cm³/mol. The first kappa shape index (κ1) is 14.0. The lowest BCUT2D eigenvalue weighted by Crippen LogP contribution is -2.35. The van der Waals surface area contributed by atoms with Crippen molar-refractivity contribution in [3.63, 3.8) is 0 Å². The number of methoxy groups -OCH3 is 1. The molecule has 1 unspecified atom stereocenters. The van der Waals surface area contributed by atoms with Crippen molar-refractivity contribution < 1.29 is 9.53 Å². The molecular formula is C12H17ClN2O2. The average molecular weight is 257 g/mol. The number of ether oxygens (including phenoxy) is 1. The molecule has 0 aliphatic heterocycles. The van der Waals surface area contributed by atoms with Crippen LogP contribution in [0.2, 0.25) is 5.02 Å². The van der Waals surface area contributed by atoms with Gasteiger partial charge in [0.2, 0.25) is 5.91 Å². The number of hydrogen-bond donors (Lipinski definition) is 2. The molecular weight excluding hydrogens is 240 g/mol. The van der Waals surface area contributed by atoms with E-state index in [0.29, 0.717) is 23.7 Å². The Balaban J connectivity index is 2.40. The minimum Gasteiger partial charge on any atom is -0.385 e. The SMILES string of the molecule is COCCCC(N)C(=O)Nc1ccc(Cl)cc1. The maximum atomic E-state index is 11.7. The third-order valence-corrected chi connectivity index (χ3v) is 2.56. The number of amides is 1. The van der Waals surface area contributed by atoms with Crippen LogP contribution >= 0.6 is 11.6 Å². The summed E-state index contributed by atoms with van der Waals surface area (Å²) in [5.41, 5.74) is 6.44. The van der Waals surface area contributed by atoms with E-state index in [1.54, 1.807) is 31.4 Å². The van der Waals surface area contributed by atoms with Crippen molar-refractivity contribution in [3.05, 3.63) is 29.3 Å². The van der Waals surface area contributed by atoms with E-state index in [2.05, 4.69) is 5.32 Å². The fourth-order valence-electron chi connectivity index (χ4n) is 1.35. The zero-order chi connectivity index (χ0) is 12.7. The summed E-state index contributed by atoms with van der Waals surface area (Å²) < 4.78 is 4.90. The number of rotatable bonds is 6. The summed E-state index contributed by atoms with van der Waals surface area (Å²) in [6.07, 6.45) is 1.37. The second-order valence-corrected chi connectivity index (χ2v) is 4.17. The Morgan fingerprint density at radius 2 is 2.12 bits per heavy atom. The zero-order valence-corrected chi connectivity index (χ0v) is 10.5. The summed E-state index contributed by atoms with van der Waals surface area (Å²) in [5, 5.41) is 3.36. The summed E-state index contributed by atoms with van der Waals surface area (Å²) in [4.78, 5) is 11.7. The Bertz CT molecular complexity index is 354. The van der Waals surface area contributed by atoms with Gasteiger partial charge in [0.15, 0.2) is 0 Å². The van der Waals surface area contributed by atoms with Gasteiger partial charge in [0.25, 0.3) is 0 Å². The quantitative estimate of drug-likeness (QED) is 0.766. The van der Waals surface area contributed by atoms with Gasteiger partial charge >= 0.3 is 0 Å². The highest BCUT2D eigenvalue weighted by Crippen LogP contribution is 2.13. The van der Waals surface area contributed by atoms with Crippen molar-refractivity contribution >= 4 is 23.2 Å². The van der Waals surface area contributed by atoms with E-state index in [9.17, 15) is 4.79 Å². The van der Waals surface area contributed by atoms with Crippen molar-refractivity contribution in [2.24, 2.45) is 5.73 Å². The number of halogens is 1. The Hall–Kier alpha value is -1.10. The maximum absolute atomic E-state index is 11.7. The molecule has 0 spiro atoms. The van der Waals surface area contributed by atoms with Crippen LogP contribution in [0.4, 0.5) is 5.69 Å². The van der Waals surface area contributed by atoms with Crippen LogP contribution in [0.15, 0.2) is 24.3 Å². The summed E-state index contributed by atoms with van der Waals surface area (Å²) >= 11 is 5.74. The Morgan fingerprint density at radius 1 is 1.47 bits per heavy atom.